The molecule has 2 saturated heterocycles. The molecule has 2 fully saturated rings. The van der Waals surface area contributed by atoms with E-state index in [4.69, 9.17) is 0 Å². The third kappa shape index (κ3) is 12.0. The number of pyridine rings is 2. The second kappa shape index (κ2) is 19.9. The number of aromatic nitrogens is 2. The van der Waals surface area contributed by atoms with Gasteiger partial charge in [-0.25, -0.2) is 0 Å². The number of hydrogen-bond acceptors (Lipinski definition) is 6. The molecule has 4 heterocycles. The maximum Gasteiger partial charge on any atom is 0.286 e. The van der Waals surface area contributed by atoms with Gasteiger partial charge in [0.15, 0.2) is 24.8 Å². The van der Waals surface area contributed by atoms with Gasteiger partial charge in [0.1, 0.15) is 0 Å². The molecule has 4 aromatic rings. The lowest BCUT2D eigenvalue weighted by Crippen LogP contribution is -2.43. The average molecular weight is 735 g/mol. The zero-order valence-corrected chi connectivity index (χ0v) is 31.5. The molecule has 2 aliphatic heterocycles. The van der Waals surface area contributed by atoms with Crippen LogP contribution in [0.15, 0.2) is 97.6 Å². The van der Waals surface area contributed by atoms with Crippen molar-refractivity contribution >= 4 is 69.1 Å². The van der Waals surface area contributed by atoms with Gasteiger partial charge in [0.25, 0.3) is 11.8 Å². The third-order valence-electron chi connectivity index (χ3n) is 9.25. The number of nitrogens with zero attached hydrogens (tertiary/aromatic N) is 4. The van der Waals surface area contributed by atoms with Crippen molar-refractivity contribution in [2.75, 3.05) is 60.6 Å². The van der Waals surface area contributed by atoms with Gasteiger partial charge in [-0.1, -0.05) is 70.2 Å². The minimum Gasteiger partial charge on any atom is -0.372 e. The van der Waals surface area contributed by atoms with E-state index in [2.05, 4.69) is 93.3 Å². The van der Waals surface area contributed by atoms with Crippen LogP contribution in [-0.4, -0.2) is 62.6 Å². The summed E-state index contributed by atoms with van der Waals surface area (Å²) in [5.74, 6) is 1.60. The summed E-state index contributed by atoms with van der Waals surface area (Å²) in [6.07, 6.45) is 21.3. The second-order valence-corrected chi connectivity index (χ2v) is 15.9. The summed E-state index contributed by atoms with van der Waals surface area (Å²) < 4.78 is 3.78. The lowest BCUT2D eigenvalue weighted by Gasteiger charge is -2.17. The van der Waals surface area contributed by atoms with E-state index in [0.717, 1.165) is 48.8 Å². The molecule has 0 aliphatic carbocycles. The number of hydrogen-bond donors (Lipinski definition) is 2. The fourth-order valence-electron chi connectivity index (χ4n) is 6.32. The topological polar surface area (TPSA) is 72.4 Å². The molecule has 2 N–H and O–H groups in total. The summed E-state index contributed by atoms with van der Waals surface area (Å²) in [6, 6.07) is 25.6. The van der Waals surface area contributed by atoms with Crippen molar-refractivity contribution in [2.45, 2.75) is 38.8 Å². The molecule has 0 atom stereocenters. The normalized spacial score (nSPS) is 14.5. The molecule has 52 heavy (non-hydrogen) atoms. The highest BCUT2D eigenvalue weighted by Gasteiger charge is 2.13. The fraction of sp³-hybridized carbons (Fsp3) is 0.333. The van der Waals surface area contributed by atoms with Gasteiger partial charge >= 0.3 is 0 Å². The van der Waals surface area contributed by atoms with Crippen LogP contribution >= 0.6 is 21.6 Å². The summed E-state index contributed by atoms with van der Waals surface area (Å²) in [7, 11) is 3.40. The lowest BCUT2D eigenvalue weighted by molar-refractivity contribution is -0.684. The van der Waals surface area contributed by atoms with Crippen molar-refractivity contribution in [1.29, 1.82) is 0 Å². The molecule has 0 saturated carbocycles. The molecular formula is C42H50N6O2S2+2. The first kappa shape index (κ1) is 37.2. The fourth-order valence-corrected chi connectivity index (χ4v) is 8.14. The SMILES string of the molecule is O=C(C[n+]1ccc(C=Cc2ccc(N3CCCC3)cc2)cc1)NCCSSCCNC(=O)C[n+]1ccc(C=Cc2ccc(N3CCCC3)cc2)cc1. The van der Waals surface area contributed by atoms with Crippen molar-refractivity contribution < 1.29 is 18.7 Å². The van der Waals surface area contributed by atoms with Crippen molar-refractivity contribution in [3.63, 3.8) is 0 Å². The molecule has 2 amide bonds. The van der Waals surface area contributed by atoms with Crippen molar-refractivity contribution in [1.82, 2.24) is 10.6 Å². The summed E-state index contributed by atoms with van der Waals surface area (Å²) in [6.45, 7) is 6.41. The predicted octanol–water partition coefficient (Wildman–Crippen LogP) is 6.12. The van der Waals surface area contributed by atoms with Crippen molar-refractivity contribution in [3.8, 4) is 0 Å². The van der Waals surface area contributed by atoms with E-state index in [1.165, 1.54) is 48.2 Å². The first-order valence-corrected chi connectivity index (χ1v) is 20.9. The van der Waals surface area contributed by atoms with Crippen molar-refractivity contribution in [3.05, 3.63) is 120 Å². The highest BCUT2D eigenvalue weighted by atomic mass is 33.1. The number of benzene rings is 2. The Labute approximate surface area is 316 Å². The standard InChI is InChI=1S/C42H48N6O2S2/c49-41(33-45-27-17-37(18-28-45)7-5-35-9-13-39(14-10-35)47-23-1-2-24-47)43-21-31-51-52-32-22-44-42(50)34-46-29-19-38(20-30-46)8-6-36-11-15-40(16-12-36)48-25-3-4-26-48/h5-20,27-30H,1-4,21-26,31-34H2/p+2. The van der Waals surface area contributed by atoms with Crippen LogP contribution in [0, 0.1) is 0 Å². The molecule has 2 aliphatic rings. The van der Waals surface area contributed by atoms with E-state index >= 15 is 0 Å². The third-order valence-corrected chi connectivity index (χ3v) is 11.7. The van der Waals surface area contributed by atoms with E-state index in [9.17, 15) is 9.59 Å². The molecular weight excluding hydrogens is 685 g/mol. The smallest absolute Gasteiger partial charge is 0.286 e. The maximum absolute atomic E-state index is 12.4. The van der Waals surface area contributed by atoms with E-state index in [-0.39, 0.29) is 24.9 Å². The van der Waals surface area contributed by atoms with Gasteiger partial charge in [0.2, 0.25) is 13.1 Å². The first-order chi connectivity index (χ1) is 25.6. The number of carbonyl (C=O) groups excluding carboxylic acids is 2. The molecule has 10 heteroatoms. The van der Waals surface area contributed by atoms with Crippen LogP contribution in [0.2, 0.25) is 0 Å². The lowest BCUT2D eigenvalue weighted by atomic mass is 10.1. The molecule has 2 aromatic carbocycles. The van der Waals surface area contributed by atoms with Crippen LogP contribution in [0.4, 0.5) is 11.4 Å². The molecule has 6 rings (SSSR count). The van der Waals surface area contributed by atoms with Gasteiger partial charge in [-0.05, 0) is 72.2 Å². The van der Waals surface area contributed by atoms with Crippen LogP contribution in [0.5, 0.6) is 0 Å². The molecule has 8 nitrogen and oxygen atoms in total. The Balaban J connectivity index is 0.788. The van der Waals surface area contributed by atoms with Crippen LogP contribution in [0.25, 0.3) is 24.3 Å². The van der Waals surface area contributed by atoms with Gasteiger partial charge in [0.05, 0.1) is 0 Å². The van der Waals surface area contributed by atoms with Crippen LogP contribution in [0.1, 0.15) is 47.9 Å². The molecule has 0 radical (unpaired) electrons. The van der Waals surface area contributed by atoms with E-state index in [1.807, 2.05) is 58.2 Å². The highest BCUT2D eigenvalue weighted by molar-refractivity contribution is 8.76. The second-order valence-electron chi connectivity index (χ2n) is 13.2. The molecule has 270 valence electrons. The molecule has 0 unspecified atom stereocenters. The zero-order chi connectivity index (χ0) is 35.8. The number of rotatable bonds is 17. The number of amides is 2. The Morgan fingerprint density at radius 1 is 0.519 bits per heavy atom. The van der Waals surface area contributed by atoms with E-state index in [0.29, 0.717) is 13.1 Å². The molecule has 2 aromatic heterocycles. The summed E-state index contributed by atoms with van der Waals surface area (Å²) in [5, 5.41) is 5.99. The van der Waals surface area contributed by atoms with Gasteiger partial charge in [-0.3, -0.25) is 9.59 Å². The van der Waals surface area contributed by atoms with Gasteiger partial charge in [-0.2, -0.15) is 9.13 Å². The van der Waals surface area contributed by atoms with Gasteiger partial charge in [-0.15, -0.1) is 0 Å². The number of nitrogens with one attached hydrogen (secondary N) is 2. The summed E-state index contributed by atoms with van der Waals surface area (Å²) in [4.78, 5) is 29.7. The number of carbonyl (C=O) groups is 2. The average Bonchev–Trinajstić information content (AvgIpc) is 3.92. The van der Waals surface area contributed by atoms with Gasteiger partial charge in [0, 0.05) is 86.4 Å². The van der Waals surface area contributed by atoms with Crippen molar-refractivity contribution in [2.24, 2.45) is 0 Å². The van der Waals surface area contributed by atoms with Crippen LogP contribution in [-0.2, 0) is 22.7 Å². The minimum absolute atomic E-state index is 0.00613. The van der Waals surface area contributed by atoms with Crippen LogP contribution in [0.3, 0.4) is 0 Å². The Hall–Kier alpha value is -4.54. The van der Waals surface area contributed by atoms with Gasteiger partial charge < -0.3 is 20.4 Å². The quantitative estimate of drug-likeness (QED) is 0.0775. The Kier molecular flexibility index (Phi) is 14.2. The highest BCUT2D eigenvalue weighted by Crippen LogP contribution is 2.23. The number of anilines is 2. The van der Waals surface area contributed by atoms with Crippen LogP contribution < -0.4 is 29.6 Å². The monoisotopic (exact) mass is 734 g/mol. The molecule has 0 bridgehead atoms. The minimum atomic E-state index is -0.00613. The predicted molar refractivity (Wildman–Crippen MR) is 218 cm³/mol. The first-order valence-electron chi connectivity index (χ1n) is 18.4. The summed E-state index contributed by atoms with van der Waals surface area (Å²) in [5.41, 5.74) is 7.15. The largest absolute Gasteiger partial charge is 0.372 e. The molecule has 0 spiro atoms. The maximum atomic E-state index is 12.4. The van der Waals surface area contributed by atoms with E-state index in [1.54, 1.807) is 21.6 Å². The Bertz CT molecular complexity index is 1630. The van der Waals surface area contributed by atoms with E-state index < -0.39 is 0 Å². The summed E-state index contributed by atoms with van der Waals surface area (Å²) >= 11 is 0. The Morgan fingerprint density at radius 2 is 0.846 bits per heavy atom. The Morgan fingerprint density at radius 3 is 1.19 bits per heavy atom. The zero-order valence-electron chi connectivity index (χ0n) is 29.9.